The second kappa shape index (κ2) is 3.85. The maximum absolute atomic E-state index is 5.31. The van der Waals surface area contributed by atoms with Gasteiger partial charge < -0.3 is 14.2 Å². The van der Waals surface area contributed by atoms with Crippen LogP contribution in [0, 0.1) is 0 Å². The fourth-order valence-electron chi connectivity index (χ4n) is 1.62. The number of benzene rings is 1. The molecule has 0 saturated carbocycles. The molecule has 15 heavy (non-hydrogen) atoms. The van der Waals surface area contributed by atoms with Crippen LogP contribution in [0.25, 0.3) is 0 Å². The molecule has 1 heterocycles. The Bertz CT molecular complexity index is 396. The van der Waals surface area contributed by atoms with Crippen LogP contribution in [0.1, 0.15) is 12.5 Å². The highest BCUT2D eigenvalue weighted by molar-refractivity contribution is 5.52. The molecule has 80 valence electrons. The van der Waals surface area contributed by atoms with Gasteiger partial charge in [-0.05, 0) is 19.4 Å². The van der Waals surface area contributed by atoms with Crippen LogP contribution >= 0.6 is 0 Å². The van der Waals surface area contributed by atoms with Crippen molar-refractivity contribution in [2.75, 3.05) is 13.9 Å². The molecule has 1 aromatic rings. The molecule has 0 spiro atoms. The molecule has 0 saturated heterocycles. The first-order valence-corrected chi connectivity index (χ1v) is 4.81. The van der Waals surface area contributed by atoms with Crippen molar-refractivity contribution in [1.29, 1.82) is 0 Å². The molecule has 0 aliphatic carbocycles. The number of ether oxygens (including phenoxy) is 3. The number of allylic oxidation sites excluding steroid dienone is 1. The predicted octanol–water partition coefficient (Wildman–Crippen LogP) is 2.54. The van der Waals surface area contributed by atoms with E-state index in [1.165, 1.54) is 0 Å². The summed E-state index contributed by atoms with van der Waals surface area (Å²) in [5.41, 5.74) is 2.17. The van der Waals surface area contributed by atoms with Crippen molar-refractivity contribution in [2.24, 2.45) is 0 Å². The van der Waals surface area contributed by atoms with E-state index in [4.69, 9.17) is 14.2 Å². The highest BCUT2D eigenvalue weighted by atomic mass is 16.7. The zero-order chi connectivity index (χ0) is 10.8. The topological polar surface area (TPSA) is 27.7 Å². The van der Waals surface area contributed by atoms with Gasteiger partial charge in [0.05, 0.1) is 7.11 Å². The lowest BCUT2D eigenvalue weighted by atomic mass is 10.1. The quantitative estimate of drug-likeness (QED) is 0.711. The first-order chi connectivity index (χ1) is 7.20. The summed E-state index contributed by atoms with van der Waals surface area (Å²) in [6.07, 6.45) is 0.791. The Hall–Kier alpha value is -1.64. The molecule has 0 fully saturated rings. The number of methoxy groups -OCH3 is 1. The molecular formula is C12H14O3. The average molecular weight is 206 g/mol. The summed E-state index contributed by atoms with van der Waals surface area (Å²) >= 11 is 0. The fourth-order valence-corrected chi connectivity index (χ4v) is 1.62. The van der Waals surface area contributed by atoms with Gasteiger partial charge in [0.2, 0.25) is 6.79 Å². The third-order valence-corrected chi connectivity index (χ3v) is 2.27. The van der Waals surface area contributed by atoms with E-state index in [1.54, 1.807) is 7.11 Å². The third-order valence-electron chi connectivity index (χ3n) is 2.27. The molecule has 0 amide bonds. The number of fused-ring (bicyclic) bond motifs is 1. The van der Waals surface area contributed by atoms with Crippen molar-refractivity contribution in [3.05, 3.63) is 29.8 Å². The van der Waals surface area contributed by atoms with Gasteiger partial charge in [-0.15, -0.1) is 0 Å². The van der Waals surface area contributed by atoms with E-state index in [1.807, 2.05) is 19.1 Å². The summed E-state index contributed by atoms with van der Waals surface area (Å²) in [6.45, 7) is 6.17. The maximum Gasteiger partial charge on any atom is 0.231 e. The van der Waals surface area contributed by atoms with Gasteiger partial charge in [0, 0.05) is 11.6 Å². The predicted molar refractivity (Wildman–Crippen MR) is 57.6 cm³/mol. The summed E-state index contributed by atoms with van der Waals surface area (Å²) in [7, 11) is 1.65. The zero-order valence-electron chi connectivity index (χ0n) is 9.00. The summed E-state index contributed by atoms with van der Waals surface area (Å²) in [4.78, 5) is 0. The van der Waals surface area contributed by atoms with E-state index in [0.29, 0.717) is 0 Å². The summed E-state index contributed by atoms with van der Waals surface area (Å²) < 4.78 is 15.9. The van der Waals surface area contributed by atoms with Gasteiger partial charge in [-0.1, -0.05) is 12.2 Å². The van der Waals surface area contributed by atoms with Crippen LogP contribution in [-0.2, 0) is 6.42 Å². The number of rotatable bonds is 3. The minimum Gasteiger partial charge on any atom is -0.496 e. The lowest BCUT2D eigenvalue weighted by Gasteiger charge is -2.09. The fraction of sp³-hybridized carbons (Fsp3) is 0.333. The summed E-state index contributed by atoms with van der Waals surface area (Å²) in [5, 5.41) is 0. The highest BCUT2D eigenvalue weighted by Gasteiger charge is 2.17. The maximum atomic E-state index is 5.31. The molecule has 3 nitrogen and oxygen atoms in total. The number of hydrogen-bond donors (Lipinski definition) is 0. The van der Waals surface area contributed by atoms with Crippen LogP contribution in [0.3, 0.4) is 0 Å². The van der Waals surface area contributed by atoms with E-state index in [9.17, 15) is 0 Å². The van der Waals surface area contributed by atoms with Crippen LogP contribution in [0.15, 0.2) is 24.3 Å². The minimum atomic E-state index is 0.287. The first-order valence-electron chi connectivity index (χ1n) is 4.81. The van der Waals surface area contributed by atoms with Crippen molar-refractivity contribution in [3.8, 4) is 17.2 Å². The Morgan fingerprint density at radius 2 is 2.07 bits per heavy atom. The van der Waals surface area contributed by atoms with Gasteiger partial charge in [-0.2, -0.15) is 0 Å². The van der Waals surface area contributed by atoms with Crippen LogP contribution in [-0.4, -0.2) is 13.9 Å². The summed E-state index contributed by atoms with van der Waals surface area (Å²) in [6, 6.07) is 3.82. The second-order valence-electron chi connectivity index (χ2n) is 3.65. The third kappa shape index (κ3) is 1.91. The Morgan fingerprint density at radius 3 is 2.67 bits per heavy atom. The Labute approximate surface area is 89.3 Å². The Balaban J connectivity index is 2.39. The SMILES string of the molecule is C=C(C)Cc1cc2c(cc1OC)OCO2. The zero-order valence-corrected chi connectivity index (χ0v) is 9.00. The molecule has 1 aromatic carbocycles. The summed E-state index contributed by atoms with van der Waals surface area (Å²) in [5.74, 6) is 2.35. The van der Waals surface area contributed by atoms with E-state index in [-0.39, 0.29) is 6.79 Å². The molecule has 1 aliphatic rings. The molecule has 3 heteroatoms. The van der Waals surface area contributed by atoms with Crippen LogP contribution < -0.4 is 14.2 Å². The molecule has 0 unspecified atom stereocenters. The van der Waals surface area contributed by atoms with E-state index in [0.717, 1.165) is 34.8 Å². The van der Waals surface area contributed by atoms with Crippen LogP contribution in [0.4, 0.5) is 0 Å². The van der Waals surface area contributed by atoms with Crippen molar-refractivity contribution >= 4 is 0 Å². The Kier molecular flexibility index (Phi) is 2.54. The average Bonchev–Trinajstić information content (AvgIpc) is 2.62. The molecule has 0 radical (unpaired) electrons. The van der Waals surface area contributed by atoms with E-state index < -0.39 is 0 Å². The number of hydrogen-bond acceptors (Lipinski definition) is 3. The van der Waals surface area contributed by atoms with E-state index in [2.05, 4.69) is 6.58 Å². The van der Waals surface area contributed by atoms with Crippen molar-refractivity contribution in [1.82, 2.24) is 0 Å². The molecule has 0 atom stereocenters. The van der Waals surface area contributed by atoms with Gasteiger partial charge >= 0.3 is 0 Å². The normalized spacial score (nSPS) is 12.7. The van der Waals surface area contributed by atoms with E-state index >= 15 is 0 Å². The minimum absolute atomic E-state index is 0.287. The van der Waals surface area contributed by atoms with Crippen LogP contribution in [0.5, 0.6) is 17.2 Å². The van der Waals surface area contributed by atoms with Gasteiger partial charge in [-0.25, -0.2) is 0 Å². The van der Waals surface area contributed by atoms with Crippen molar-refractivity contribution < 1.29 is 14.2 Å². The van der Waals surface area contributed by atoms with Crippen LogP contribution in [0.2, 0.25) is 0 Å². The lowest BCUT2D eigenvalue weighted by Crippen LogP contribution is -1.93. The molecule has 0 N–H and O–H groups in total. The molecular weight excluding hydrogens is 192 g/mol. The van der Waals surface area contributed by atoms with Gasteiger partial charge in [0.1, 0.15) is 5.75 Å². The smallest absolute Gasteiger partial charge is 0.231 e. The Morgan fingerprint density at radius 1 is 1.40 bits per heavy atom. The molecule has 0 bridgehead atoms. The van der Waals surface area contributed by atoms with Crippen molar-refractivity contribution in [3.63, 3.8) is 0 Å². The van der Waals surface area contributed by atoms with Gasteiger partial charge in [-0.3, -0.25) is 0 Å². The monoisotopic (exact) mass is 206 g/mol. The largest absolute Gasteiger partial charge is 0.496 e. The molecule has 1 aliphatic heterocycles. The molecule has 0 aromatic heterocycles. The second-order valence-corrected chi connectivity index (χ2v) is 3.65. The standard InChI is InChI=1S/C12H14O3/c1-8(2)4-9-5-11-12(15-7-14-11)6-10(9)13-3/h5-6H,1,4,7H2,2-3H3. The van der Waals surface area contributed by atoms with Crippen molar-refractivity contribution in [2.45, 2.75) is 13.3 Å². The van der Waals surface area contributed by atoms with Gasteiger partial charge in [0.15, 0.2) is 11.5 Å². The lowest BCUT2D eigenvalue weighted by molar-refractivity contribution is 0.174. The first kappa shape index (κ1) is 9.90. The molecule has 2 rings (SSSR count). The van der Waals surface area contributed by atoms with Gasteiger partial charge in [0.25, 0.3) is 0 Å². The highest BCUT2D eigenvalue weighted by Crippen LogP contribution is 2.38.